The Morgan fingerprint density at radius 3 is 2.48 bits per heavy atom. The molecular weight excluding hydrogens is 580 g/mol. The number of imidazole rings is 1. The maximum Gasteiger partial charge on any atom is 0.332 e. The molecule has 0 atom stereocenters. The lowest BCUT2D eigenvalue weighted by atomic mass is 10.2. The molecule has 0 bridgehead atoms. The Balaban J connectivity index is 1.37. The first-order chi connectivity index (χ1) is 20.5. The van der Waals surface area contributed by atoms with Crippen molar-refractivity contribution in [3.63, 3.8) is 0 Å². The SMILES string of the molecule is CCOP(=O)(CCOCCn1cnc2c(SCc3ccccc3)nc(-n3cc(-c4ccc(F)cc4)nn3)nc21)OCC. The highest BCUT2D eigenvalue weighted by atomic mass is 32.2. The van der Waals surface area contributed by atoms with E-state index in [9.17, 15) is 8.96 Å². The highest BCUT2D eigenvalue weighted by Crippen LogP contribution is 2.47. The van der Waals surface area contributed by atoms with Gasteiger partial charge in [0.2, 0.25) is 0 Å². The molecule has 5 aromatic rings. The number of benzene rings is 2. The zero-order valence-electron chi connectivity index (χ0n) is 23.3. The van der Waals surface area contributed by atoms with Crippen LogP contribution in [0.3, 0.4) is 0 Å². The van der Waals surface area contributed by atoms with Crippen LogP contribution in [0.15, 0.2) is 72.1 Å². The molecule has 14 heteroatoms. The van der Waals surface area contributed by atoms with Crippen LogP contribution in [0.4, 0.5) is 4.39 Å². The van der Waals surface area contributed by atoms with Crippen molar-refractivity contribution in [2.24, 2.45) is 0 Å². The van der Waals surface area contributed by atoms with Gasteiger partial charge in [-0.25, -0.2) is 14.4 Å². The molecule has 3 aromatic heterocycles. The Morgan fingerprint density at radius 2 is 1.74 bits per heavy atom. The van der Waals surface area contributed by atoms with Gasteiger partial charge in [-0.3, -0.25) is 4.57 Å². The Morgan fingerprint density at radius 1 is 0.976 bits per heavy atom. The van der Waals surface area contributed by atoms with Gasteiger partial charge in [0.1, 0.15) is 22.1 Å². The number of ether oxygens (including phenoxy) is 1. The maximum atomic E-state index is 13.4. The van der Waals surface area contributed by atoms with Gasteiger partial charge >= 0.3 is 7.60 Å². The summed E-state index contributed by atoms with van der Waals surface area (Å²) in [4.78, 5) is 14.2. The van der Waals surface area contributed by atoms with Gasteiger partial charge in [0.05, 0.1) is 45.1 Å². The summed E-state index contributed by atoms with van der Waals surface area (Å²) in [7, 11) is -3.16. The van der Waals surface area contributed by atoms with E-state index in [1.807, 2.05) is 22.8 Å². The van der Waals surface area contributed by atoms with Gasteiger partial charge in [-0.2, -0.15) is 9.67 Å². The van der Waals surface area contributed by atoms with Gasteiger partial charge < -0.3 is 18.4 Å². The van der Waals surface area contributed by atoms with Crippen molar-refractivity contribution >= 4 is 30.5 Å². The fraction of sp³-hybridized carbons (Fsp3) is 0.321. The molecule has 0 aliphatic heterocycles. The molecule has 0 saturated heterocycles. The van der Waals surface area contributed by atoms with E-state index >= 15 is 0 Å². The molecule has 3 heterocycles. The Bertz CT molecular complexity index is 1640. The fourth-order valence-electron chi connectivity index (χ4n) is 4.12. The van der Waals surface area contributed by atoms with Crippen LogP contribution in [0.5, 0.6) is 0 Å². The van der Waals surface area contributed by atoms with Crippen molar-refractivity contribution in [2.45, 2.75) is 31.2 Å². The smallest absolute Gasteiger partial charge is 0.332 e. The Kier molecular flexibility index (Phi) is 10.1. The van der Waals surface area contributed by atoms with Crippen LogP contribution in [0.1, 0.15) is 19.4 Å². The number of hydrogen-bond acceptors (Lipinski definition) is 10. The molecule has 0 radical (unpaired) electrons. The zero-order chi connectivity index (χ0) is 29.4. The molecule has 0 aliphatic rings. The molecule has 220 valence electrons. The van der Waals surface area contributed by atoms with Crippen LogP contribution in [-0.4, -0.2) is 67.1 Å². The molecule has 5 rings (SSSR count). The summed E-state index contributed by atoms with van der Waals surface area (Å²) in [6.45, 7) is 5.21. The Hall–Kier alpha value is -3.48. The largest absolute Gasteiger partial charge is 0.379 e. The van der Waals surface area contributed by atoms with Crippen molar-refractivity contribution < 1.29 is 22.7 Å². The van der Waals surface area contributed by atoms with Crippen LogP contribution in [0.25, 0.3) is 28.4 Å². The lowest BCUT2D eigenvalue weighted by molar-refractivity contribution is 0.132. The van der Waals surface area contributed by atoms with Gasteiger partial charge in [0.25, 0.3) is 5.95 Å². The summed E-state index contributed by atoms with van der Waals surface area (Å²) < 4.78 is 45.9. The number of rotatable bonds is 15. The number of fused-ring (bicyclic) bond motifs is 1. The lowest BCUT2D eigenvalue weighted by Crippen LogP contribution is -2.11. The summed E-state index contributed by atoms with van der Waals surface area (Å²) in [6, 6.07) is 16.1. The second-order valence-electron chi connectivity index (χ2n) is 9.05. The van der Waals surface area contributed by atoms with Gasteiger partial charge in [-0.15, -0.1) is 5.10 Å². The average molecular weight is 612 g/mol. The third-order valence-electron chi connectivity index (χ3n) is 6.11. The average Bonchev–Trinajstić information content (AvgIpc) is 3.65. The van der Waals surface area contributed by atoms with Gasteiger partial charge in [0.15, 0.2) is 5.65 Å². The van der Waals surface area contributed by atoms with Gasteiger partial charge in [-0.05, 0) is 43.7 Å². The van der Waals surface area contributed by atoms with E-state index in [2.05, 4.69) is 27.4 Å². The third kappa shape index (κ3) is 7.47. The topological polar surface area (TPSA) is 119 Å². The summed E-state index contributed by atoms with van der Waals surface area (Å²) in [6.07, 6.45) is 3.59. The first-order valence-electron chi connectivity index (χ1n) is 13.5. The van der Waals surface area contributed by atoms with Crippen molar-refractivity contribution in [3.8, 4) is 17.2 Å². The number of halogens is 1. The van der Waals surface area contributed by atoms with E-state index in [-0.39, 0.29) is 18.6 Å². The first-order valence-corrected chi connectivity index (χ1v) is 16.2. The van der Waals surface area contributed by atoms with Crippen molar-refractivity contribution in [2.75, 3.05) is 32.6 Å². The molecule has 0 N–H and O–H groups in total. The molecule has 0 unspecified atom stereocenters. The third-order valence-corrected chi connectivity index (χ3v) is 9.18. The van der Waals surface area contributed by atoms with E-state index in [0.29, 0.717) is 60.0 Å². The molecule has 0 spiro atoms. The van der Waals surface area contributed by atoms with Crippen LogP contribution >= 0.6 is 19.4 Å². The summed E-state index contributed by atoms with van der Waals surface area (Å²) in [5.41, 5.74) is 3.72. The van der Waals surface area contributed by atoms with E-state index in [0.717, 1.165) is 11.1 Å². The summed E-state index contributed by atoms with van der Waals surface area (Å²) in [5, 5.41) is 9.18. The minimum absolute atomic E-state index is 0.175. The second-order valence-corrected chi connectivity index (χ2v) is 12.2. The van der Waals surface area contributed by atoms with Gasteiger partial charge in [0, 0.05) is 17.9 Å². The van der Waals surface area contributed by atoms with Crippen LogP contribution in [0, 0.1) is 5.82 Å². The first kappa shape index (κ1) is 30.0. The van der Waals surface area contributed by atoms with Crippen molar-refractivity contribution in [1.82, 2.24) is 34.5 Å². The van der Waals surface area contributed by atoms with Crippen molar-refractivity contribution in [3.05, 3.63) is 78.5 Å². The number of nitrogens with zero attached hydrogens (tertiary/aromatic N) is 7. The fourth-order valence-corrected chi connectivity index (χ4v) is 6.51. The van der Waals surface area contributed by atoms with Gasteiger partial charge in [-0.1, -0.05) is 47.3 Å². The van der Waals surface area contributed by atoms with Crippen molar-refractivity contribution in [1.29, 1.82) is 0 Å². The molecule has 0 fully saturated rings. The lowest BCUT2D eigenvalue weighted by Gasteiger charge is -2.16. The predicted octanol–water partition coefficient (Wildman–Crippen LogP) is 5.79. The Labute approximate surface area is 247 Å². The van der Waals surface area contributed by atoms with E-state index in [4.69, 9.17) is 23.8 Å². The summed E-state index contributed by atoms with van der Waals surface area (Å²) >= 11 is 1.55. The molecule has 42 heavy (non-hydrogen) atoms. The number of aromatic nitrogens is 7. The van der Waals surface area contributed by atoms with E-state index < -0.39 is 7.60 Å². The predicted molar refractivity (Wildman–Crippen MR) is 158 cm³/mol. The highest BCUT2D eigenvalue weighted by molar-refractivity contribution is 7.98. The highest BCUT2D eigenvalue weighted by Gasteiger charge is 2.23. The molecule has 2 aromatic carbocycles. The summed E-state index contributed by atoms with van der Waals surface area (Å²) in [5.74, 6) is 0.700. The standard InChI is InChI=1S/C28H31FN7O4PS/c1-3-39-41(37,40-4-2)17-16-38-15-14-35-20-30-25-26(35)31-28(32-27(25)42-19-21-8-6-5-7-9-21)36-18-24(33-34-36)22-10-12-23(29)13-11-22/h5-13,18,20H,3-4,14-17,19H2,1-2H3. The van der Waals surface area contributed by atoms with E-state index in [1.54, 1.807) is 50.3 Å². The number of hydrogen-bond donors (Lipinski definition) is 0. The molecule has 0 amide bonds. The molecule has 0 aliphatic carbocycles. The minimum atomic E-state index is -3.16. The molecule has 11 nitrogen and oxygen atoms in total. The van der Waals surface area contributed by atoms with E-state index in [1.165, 1.54) is 16.8 Å². The number of thioether (sulfide) groups is 1. The monoisotopic (exact) mass is 611 g/mol. The molecular formula is C28H31FN7O4PS. The second kappa shape index (κ2) is 14.1. The normalized spacial score (nSPS) is 11.9. The van der Waals surface area contributed by atoms with Crippen LogP contribution in [-0.2, 0) is 30.6 Å². The van der Waals surface area contributed by atoms with Crippen LogP contribution < -0.4 is 0 Å². The maximum absolute atomic E-state index is 13.4. The zero-order valence-corrected chi connectivity index (χ0v) is 25.0. The minimum Gasteiger partial charge on any atom is -0.379 e. The quantitative estimate of drug-likeness (QED) is 0.0623. The van der Waals surface area contributed by atoms with Crippen LogP contribution in [0.2, 0.25) is 0 Å². The molecule has 0 saturated carbocycles.